The summed E-state index contributed by atoms with van der Waals surface area (Å²) in [7, 11) is 1.76. The average molecular weight is 269 g/mol. The van der Waals surface area contributed by atoms with E-state index >= 15 is 0 Å². The molecule has 1 amide bonds. The molecule has 0 fully saturated rings. The van der Waals surface area contributed by atoms with Gasteiger partial charge in [0.15, 0.2) is 0 Å². The Kier molecular flexibility index (Phi) is 5.17. The van der Waals surface area contributed by atoms with Gasteiger partial charge >= 0.3 is 0 Å². The van der Waals surface area contributed by atoms with Gasteiger partial charge in [-0.25, -0.2) is 0 Å². The van der Waals surface area contributed by atoms with Crippen molar-refractivity contribution in [1.29, 1.82) is 0 Å². The zero-order valence-corrected chi connectivity index (χ0v) is 12.0. The Morgan fingerprint density at radius 1 is 1.44 bits per heavy atom. The molecule has 2 N–H and O–H groups in total. The van der Waals surface area contributed by atoms with Crippen molar-refractivity contribution in [1.82, 2.24) is 4.90 Å². The predicted octanol–water partition coefficient (Wildman–Crippen LogP) is 2.82. The van der Waals surface area contributed by atoms with E-state index in [4.69, 9.17) is 17.3 Å². The van der Waals surface area contributed by atoms with E-state index in [-0.39, 0.29) is 5.91 Å². The van der Waals surface area contributed by atoms with Crippen LogP contribution in [0.25, 0.3) is 0 Å². The molecule has 0 spiro atoms. The quantitative estimate of drug-likeness (QED) is 0.893. The van der Waals surface area contributed by atoms with Crippen molar-refractivity contribution < 1.29 is 4.79 Å². The molecule has 1 atom stereocenters. The number of amides is 1. The second-order valence-electron chi connectivity index (χ2n) is 4.92. The van der Waals surface area contributed by atoms with Crippen LogP contribution in [-0.4, -0.2) is 23.4 Å². The standard InChI is InChI=1S/C14H21ClN2O/c1-4-9-14(2,16)13(18)17(3)10-11-7-5-6-8-12(11)15/h5-8H,4,9-10,16H2,1-3H3. The van der Waals surface area contributed by atoms with Crippen LogP contribution in [0.2, 0.25) is 5.02 Å². The number of nitrogens with zero attached hydrogens (tertiary/aromatic N) is 1. The minimum absolute atomic E-state index is 0.0516. The summed E-state index contributed by atoms with van der Waals surface area (Å²) in [4.78, 5) is 13.9. The van der Waals surface area contributed by atoms with E-state index in [9.17, 15) is 4.79 Å². The Hall–Kier alpha value is -1.06. The minimum atomic E-state index is -0.801. The van der Waals surface area contributed by atoms with Crippen LogP contribution in [0.15, 0.2) is 24.3 Å². The zero-order valence-electron chi connectivity index (χ0n) is 11.2. The summed E-state index contributed by atoms with van der Waals surface area (Å²) in [6.07, 6.45) is 1.57. The number of hydrogen-bond donors (Lipinski definition) is 1. The molecule has 0 saturated heterocycles. The number of likely N-dealkylation sites (N-methyl/N-ethyl adjacent to an activating group) is 1. The summed E-state index contributed by atoms with van der Waals surface area (Å²) in [6.45, 7) is 4.28. The first-order valence-corrected chi connectivity index (χ1v) is 6.54. The van der Waals surface area contributed by atoms with Gasteiger partial charge in [0.2, 0.25) is 5.91 Å². The minimum Gasteiger partial charge on any atom is -0.340 e. The molecule has 0 aliphatic rings. The summed E-state index contributed by atoms with van der Waals surface area (Å²) < 4.78 is 0. The molecule has 3 nitrogen and oxygen atoms in total. The van der Waals surface area contributed by atoms with Gasteiger partial charge in [-0.1, -0.05) is 43.1 Å². The number of carbonyl (C=O) groups is 1. The molecule has 0 aliphatic carbocycles. The summed E-state index contributed by atoms with van der Waals surface area (Å²) in [6, 6.07) is 7.52. The molecule has 0 aliphatic heterocycles. The largest absolute Gasteiger partial charge is 0.340 e. The molecule has 1 unspecified atom stereocenters. The molecular weight excluding hydrogens is 248 g/mol. The third-order valence-corrected chi connectivity index (χ3v) is 3.34. The first-order chi connectivity index (χ1) is 8.38. The molecule has 4 heteroatoms. The van der Waals surface area contributed by atoms with Gasteiger partial charge in [-0.15, -0.1) is 0 Å². The van der Waals surface area contributed by atoms with Crippen LogP contribution in [-0.2, 0) is 11.3 Å². The monoisotopic (exact) mass is 268 g/mol. The molecule has 0 radical (unpaired) electrons. The Balaban J connectivity index is 2.74. The maximum absolute atomic E-state index is 12.2. The summed E-state index contributed by atoms with van der Waals surface area (Å²) in [5.74, 6) is -0.0516. The van der Waals surface area contributed by atoms with E-state index < -0.39 is 5.54 Å². The van der Waals surface area contributed by atoms with Gasteiger partial charge in [-0.05, 0) is 25.0 Å². The third kappa shape index (κ3) is 3.72. The number of hydrogen-bond acceptors (Lipinski definition) is 2. The van der Waals surface area contributed by atoms with Gasteiger partial charge in [0.25, 0.3) is 0 Å². The molecule has 0 bridgehead atoms. The number of carbonyl (C=O) groups excluding carboxylic acids is 1. The zero-order chi connectivity index (χ0) is 13.8. The van der Waals surface area contributed by atoms with Crippen LogP contribution >= 0.6 is 11.6 Å². The van der Waals surface area contributed by atoms with Crippen molar-refractivity contribution in [2.24, 2.45) is 5.73 Å². The maximum Gasteiger partial charge on any atom is 0.242 e. The summed E-state index contributed by atoms with van der Waals surface area (Å²) in [5, 5.41) is 0.673. The number of benzene rings is 1. The summed E-state index contributed by atoms with van der Waals surface area (Å²) >= 11 is 6.08. The van der Waals surface area contributed by atoms with Gasteiger partial charge < -0.3 is 10.6 Å². The van der Waals surface area contributed by atoms with Crippen molar-refractivity contribution >= 4 is 17.5 Å². The number of rotatable bonds is 5. The molecule has 18 heavy (non-hydrogen) atoms. The first-order valence-electron chi connectivity index (χ1n) is 6.16. The van der Waals surface area contributed by atoms with Gasteiger partial charge in [0.05, 0.1) is 5.54 Å². The van der Waals surface area contributed by atoms with Crippen molar-refractivity contribution in [3.63, 3.8) is 0 Å². The fourth-order valence-electron chi connectivity index (χ4n) is 2.02. The smallest absolute Gasteiger partial charge is 0.242 e. The Labute approximate surface area is 114 Å². The van der Waals surface area contributed by atoms with Gasteiger partial charge in [-0.2, -0.15) is 0 Å². The molecule has 1 aromatic carbocycles. The third-order valence-electron chi connectivity index (χ3n) is 2.97. The van der Waals surface area contributed by atoms with E-state index in [2.05, 4.69) is 0 Å². The highest BCUT2D eigenvalue weighted by molar-refractivity contribution is 6.31. The second-order valence-corrected chi connectivity index (χ2v) is 5.33. The van der Waals surface area contributed by atoms with Crippen LogP contribution in [0.3, 0.4) is 0 Å². The van der Waals surface area contributed by atoms with Crippen LogP contribution in [0.1, 0.15) is 32.3 Å². The van der Waals surface area contributed by atoms with E-state index in [1.807, 2.05) is 31.2 Å². The molecular formula is C14H21ClN2O. The van der Waals surface area contributed by atoms with Crippen LogP contribution in [0, 0.1) is 0 Å². The van der Waals surface area contributed by atoms with E-state index in [0.29, 0.717) is 18.0 Å². The SMILES string of the molecule is CCCC(C)(N)C(=O)N(C)Cc1ccccc1Cl. The molecule has 0 heterocycles. The topological polar surface area (TPSA) is 46.3 Å². The van der Waals surface area contributed by atoms with Crippen LogP contribution in [0.4, 0.5) is 0 Å². The summed E-state index contributed by atoms with van der Waals surface area (Å²) in [5.41, 5.74) is 6.17. The molecule has 1 rings (SSSR count). The first kappa shape index (κ1) is 15.0. The van der Waals surface area contributed by atoms with E-state index in [1.165, 1.54) is 0 Å². The fraction of sp³-hybridized carbons (Fsp3) is 0.500. The maximum atomic E-state index is 12.2. The second kappa shape index (κ2) is 6.21. The van der Waals surface area contributed by atoms with Crippen LogP contribution < -0.4 is 5.73 Å². The fourth-order valence-corrected chi connectivity index (χ4v) is 2.21. The normalized spacial score (nSPS) is 14.1. The van der Waals surface area contributed by atoms with Crippen molar-refractivity contribution in [3.8, 4) is 0 Å². The molecule has 0 saturated carbocycles. The van der Waals surface area contributed by atoms with Gasteiger partial charge in [-0.3, -0.25) is 4.79 Å². The van der Waals surface area contributed by atoms with Gasteiger partial charge in [0.1, 0.15) is 0 Å². The molecule has 0 aromatic heterocycles. The van der Waals surface area contributed by atoms with Gasteiger partial charge in [0, 0.05) is 18.6 Å². The van der Waals surface area contributed by atoms with Crippen molar-refractivity contribution in [2.45, 2.75) is 38.8 Å². The Bertz CT molecular complexity index is 418. The lowest BCUT2D eigenvalue weighted by atomic mass is 9.96. The highest BCUT2D eigenvalue weighted by Gasteiger charge is 2.30. The lowest BCUT2D eigenvalue weighted by Gasteiger charge is -2.29. The highest BCUT2D eigenvalue weighted by Crippen LogP contribution is 2.19. The Morgan fingerprint density at radius 3 is 2.61 bits per heavy atom. The van der Waals surface area contributed by atoms with E-state index in [1.54, 1.807) is 18.9 Å². The number of nitrogens with two attached hydrogens (primary N) is 1. The van der Waals surface area contributed by atoms with Crippen molar-refractivity contribution in [3.05, 3.63) is 34.9 Å². The van der Waals surface area contributed by atoms with Crippen LogP contribution in [0.5, 0.6) is 0 Å². The lowest BCUT2D eigenvalue weighted by molar-refractivity contribution is -0.135. The van der Waals surface area contributed by atoms with E-state index in [0.717, 1.165) is 12.0 Å². The predicted molar refractivity (Wildman–Crippen MR) is 75.4 cm³/mol. The van der Waals surface area contributed by atoms with Crippen molar-refractivity contribution in [2.75, 3.05) is 7.05 Å². The Morgan fingerprint density at radius 2 is 2.06 bits per heavy atom. The average Bonchev–Trinajstić information content (AvgIpc) is 2.31. The number of halogens is 1. The highest BCUT2D eigenvalue weighted by atomic mass is 35.5. The molecule has 1 aromatic rings. The lowest BCUT2D eigenvalue weighted by Crippen LogP contribution is -2.51. The molecule has 100 valence electrons.